The van der Waals surface area contributed by atoms with E-state index in [1.807, 2.05) is 0 Å². The van der Waals surface area contributed by atoms with E-state index >= 15 is 0 Å². The van der Waals surface area contributed by atoms with Crippen molar-refractivity contribution >= 4 is 37.7 Å². The maximum atomic E-state index is 8.80. The Morgan fingerprint density at radius 2 is 0.643 bits per heavy atom. The molecular formula is H6CoLi2Mn2NiO8. The summed E-state index contributed by atoms with van der Waals surface area (Å²) >= 11 is -10.2. The van der Waals surface area contributed by atoms with Crippen LogP contribution in [-0.4, -0.2) is 54.5 Å². The van der Waals surface area contributed by atoms with Gasteiger partial charge in [-0.15, -0.1) is 0 Å². The van der Waals surface area contributed by atoms with Gasteiger partial charge in [-0.3, -0.25) is 0 Å². The van der Waals surface area contributed by atoms with Crippen LogP contribution in [0.4, 0.5) is 0 Å². The summed E-state index contributed by atoms with van der Waals surface area (Å²) in [5.74, 6) is 0. The molecule has 0 rings (SSSR count). The average molecular weight is 375 g/mol. The molecule has 8 nitrogen and oxygen atoms in total. The molecule has 0 fully saturated rings. The van der Waals surface area contributed by atoms with Crippen LogP contribution in [0.15, 0.2) is 0 Å². The standard InChI is InChI=1S/Co.2Li.2Mn.Ni.4H2O.4O.2H/h;;;;;;4*1H2;;;;;;/q;;;2*+2;;;;;;;;;;;/p-4. The average Bonchev–Trinajstić information content (AvgIpc) is 1.12. The summed E-state index contributed by atoms with van der Waals surface area (Å²) in [6, 6.07) is 0. The number of rotatable bonds is 0. The van der Waals surface area contributed by atoms with Crippen molar-refractivity contribution in [2.75, 3.05) is 0 Å². The van der Waals surface area contributed by atoms with Crippen molar-refractivity contribution in [1.82, 2.24) is 0 Å². The molecule has 0 spiro atoms. The Hall–Kier alpha value is 2.27. The van der Waals surface area contributed by atoms with Gasteiger partial charge < -0.3 is 0 Å². The zero-order chi connectivity index (χ0) is 9.00. The molecule has 0 aliphatic heterocycles. The second-order valence-corrected chi connectivity index (χ2v) is 3.42. The van der Waals surface area contributed by atoms with Crippen LogP contribution in [0.5, 0.6) is 0 Å². The van der Waals surface area contributed by atoms with Crippen molar-refractivity contribution in [3.63, 3.8) is 0 Å². The van der Waals surface area contributed by atoms with Crippen LogP contribution in [0.2, 0.25) is 0 Å². The Kier molecular flexibility index (Phi) is 39.2. The summed E-state index contributed by atoms with van der Waals surface area (Å²) in [5.41, 5.74) is 0. The molecule has 0 aromatic heterocycles. The number of hydrogen-bond acceptors (Lipinski definition) is 4. The zero-order valence-electron chi connectivity index (χ0n) is 4.83. The van der Waals surface area contributed by atoms with Crippen molar-refractivity contribution in [2.24, 2.45) is 0 Å². The van der Waals surface area contributed by atoms with E-state index in [9.17, 15) is 0 Å². The Labute approximate surface area is 128 Å². The second-order valence-electron chi connectivity index (χ2n) is 0.829. The Balaban J connectivity index is -0.0000000178. The summed E-state index contributed by atoms with van der Waals surface area (Å²) in [6.45, 7) is 0. The summed E-state index contributed by atoms with van der Waals surface area (Å²) in [4.78, 5) is 0. The van der Waals surface area contributed by atoms with Crippen molar-refractivity contribution in [3.8, 4) is 0 Å². The van der Waals surface area contributed by atoms with Gasteiger partial charge in [0, 0.05) is 33.3 Å². The van der Waals surface area contributed by atoms with Crippen molar-refractivity contribution in [3.05, 3.63) is 0 Å². The minimum atomic E-state index is -5.12. The molecular weight excluding hydrogens is 369 g/mol. The van der Waals surface area contributed by atoms with Crippen molar-refractivity contribution in [2.45, 2.75) is 0 Å². The van der Waals surface area contributed by atoms with E-state index in [0.717, 1.165) is 0 Å². The third-order valence-electron chi connectivity index (χ3n) is 0. The normalized spacial score (nSPS) is 8.29. The fourth-order valence-corrected chi connectivity index (χ4v) is 0. The van der Waals surface area contributed by atoms with Crippen LogP contribution < -0.4 is 0 Å². The van der Waals surface area contributed by atoms with Crippen LogP contribution in [0.1, 0.15) is 0 Å². The van der Waals surface area contributed by atoms with Crippen molar-refractivity contribution < 1.29 is 92.1 Å². The molecule has 0 unspecified atom stereocenters. The third kappa shape index (κ3) is 486. The zero-order valence-corrected chi connectivity index (χ0v) is 9.22. The minimum absolute atomic E-state index is 0. The summed E-state index contributed by atoms with van der Waals surface area (Å²) in [7, 11) is 0. The van der Waals surface area contributed by atoms with Gasteiger partial charge in [-0.25, -0.2) is 0 Å². The molecule has 1 radical (unpaired) electrons. The molecule has 0 atom stereocenters. The molecule has 4 N–H and O–H groups in total. The Bertz CT molecular complexity index is 222. The van der Waals surface area contributed by atoms with Gasteiger partial charge in [-0.1, -0.05) is 0 Å². The molecule has 14 heavy (non-hydrogen) atoms. The summed E-state index contributed by atoms with van der Waals surface area (Å²) in [5, 5.41) is 0. The first-order valence-electron chi connectivity index (χ1n) is 1.29. The molecule has 0 amide bonds. The molecule has 0 aromatic carbocycles. The SMILES string of the molecule is [Co].[LiH].[LiH].[Ni].[O]=[Mn](=[O])([OH])[OH].[O]=[Mn](=[O])([OH])[OH]. The van der Waals surface area contributed by atoms with Crippen molar-refractivity contribution in [1.29, 1.82) is 0 Å². The number of hydrogen-bond donors (Lipinski definition) is 4. The van der Waals surface area contributed by atoms with Gasteiger partial charge >= 0.3 is 96.6 Å². The van der Waals surface area contributed by atoms with Gasteiger partial charge in [-0.05, 0) is 0 Å². The van der Waals surface area contributed by atoms with Crippen LogP contribution in [-0.2, 0) is 75.3 Å². The predicted molar refractivity (Wildman–Crippen MR) is 25.9 cm³/mol. The van der Waals surface area contributed by atoms with E-state index in [1.165, 1.54) is 0 Å². The van der Waals surface area contributed by atoms with E-state index in [2.05, 4.69) is 0 Å². The molecule has 0 aliphatic carbocycles. The predicted octanol–water partition coefficient (Wildman–Crippen LogP) is -4.01. The van der Waals surface area contributed by atoms with Crippen LogP contribution in [0, 0.1) is 0 Å². The summed E-state index contributed by atoms with van der Waals surface area (Å²) < 4.78 is 63.6. The van der Waals surface area contributed by atoms with Crippen LogP contribution in [0.3, 0.4) is 0 Å². The molecule has 0 saturated carbocycles. The molecule has 0 bridgehead atoms. The van der Waals surface area contributed by atoms with E-state index in [-0.39, 0.29) is 71.0 Å². The molecule has 89 valence electrons. The Morgan fingerprint density at radius 3 is 0.643 bits per heavy atom. The van der Waals surface area contributed by atoms with Crippen LogP contribution in [0.25, 0.3) is 0 Å². The van der Waals surface area contributed by atoms with Gasteiger partial charge in [-0.2, -0.15) is 0 Å². The quantitative estimate of drug-likeness (QED) is 0.313. The topological polar surface area (TPSA) is 149 Å². The molecule has 0 heterocycles. The van der Waals surface area contributed by atoms with E-state index in [1.54, 1.807) is 0 Å². The second kappa shape index (κ2) is 15.3. The summed E-state index contributed by atoms with van der Waals surface area (Å²) in [6.07, 6.45) is 0. The van der Waals surface area contributed by atoms with Gasteiger partial charge in [0.2, 0.25) is 0 Å². The fraction of sp³-hybridized carbons (Fsp3) is 0. The maximum absolute atomic E-state index is 8.80. The van der Waals surface area contributed by atoms with Gasteiger partial charge in [0.1, 0.15) is 0 Å². The molecule has 0 aliphatic rings. The molecule has 0 saturated heterocycles. The first-order valence-corrected chi connectivity index (χ1v) is 5.33. The van der Waals surface area contributed by atoms with Gasteiger partial charge in [0.05, 0.1) is 0 Å². The van der Waals surface area contributed by atoms with E-state index in [0.29, 0.717) is 0 Å². The first-order chi connectivity index (χ1) is 4.00. The fourth-order valence-electron chi connectivity index (χ4n) is 0. The monoisotopic (exact) mass is 375 g/mol. The van der Waals surface area contributed by atoms with Gasteiger partial charge in [0.15, 0.2) is 0 Å². The first kappa shape index (κ1) is 36.0. The van der Waals surface area contributed by atoms with Crippen LogP contribution >= 0.6 is 0 Å². The Morgan fingerprint density at radius 1 is 0.643 bits per heavy atom. The van der Waals surface area contributed by atoms with E-state index < -0.39 is 26.7 Å². The molecule has 14 heteroatoms. The van der Waals surface area contributed by atoms with E-state index in [4.69, 9.17) is 32.1 Å². The molecule has 0 aromatic rings. The van der Waals surface area contributed by atoms with Gasteiger partial charge in [0.25, 0.3) is 0 Å². The third-order valence-corrected chi connectivity index (χ3v) is 0.